The summed E-state index contributed by atoms with van der Waals surface area (Å²) in [5, 5.41) is 5.70. The maximum Gasteiger partial charge on any atom is 0.226 e. The lowest BCUT2D eigenvalue weighted by Crippen LogP contribution is -2.28. The second-order valence-electron chi connectivity index (χ2n) is 5.75. The van der Waals surface area contributed by atoms with Crippen LogP contribution in [0.1, 0.15) is 34.9 Å². The van der Waals surface area contributed by atoms with Gasteiger partial charge >= 0.3 is 0 Å². The minimum absolute atomic E-state index is 0.133. The topological polar surface area (TPSA) is 54.9 Å². The van der Waals surface area contributed by atoms with Crippen LogP contribution in [0.3, 0.4) is 0 Å². The lowest BCUT2D eigenvalue weighted by molar-refractivity contribution is -0.121. The summed E-state index contributed by atoms with van der Waals surface area (Å²) < 4.78 is 13.3. The number of halogens is 1. The summed E-state index contributed by atoms with van der Waals surface area (Å²) in [6.45, 7) is 1.83. The summed E-state index contributed by atoms with van der Waals surface area (Å²) in [4.78, 5) is 21.0. The van der Waals surface area contributed by atoms with Crippen molar-refractivity contribution in [2.45, 2.75) is 25.8 Å². The zero-order valence-corrected chi connectivity index (χ0v) is 14.6. The van der Waals surface area contributed by atoms with Gasteiger partial charge in [0.2, 0.25) is 5.91 Å². The van der Waals surface area contributed by atoms with Crippen molar-refractivity contribution in [2.75, 3.05) is 0 Å². The highest BCUT2D eigenvalue weighted by atomic mass is 32.1. The van der Waals surface area contributed by atoms with E-state index in [4.69, 9.17) is 0 Å². The molecule has 0 radical (unpaired) electrons. The molecule has 128 valence electrons. The van der Waals surface area contributed by atoms with Gasteiger partial charge < -0.3 is 5.32 Å². The first-order chi connectivity index (χ1) is 12.1. The molecule has 1 atom stereocenters. The number of carbonyl (C=O) groups is 1. The molecule has 1 N–H and O–H groups in total. The second kappa shape index (κ2) is 7.98. The monoisotopic (exact) mass is 355 g/mol. The Morgan fingerprint density at radius 1 is 1.24 bits per heavy atom. The van der Waals surface area contributed by atoms with Gasteiger partial charge in [0.05, 0.1) is 23.2 Å². The number of aromatic nitrogens is 2. The van der Waals surface area contributed by atoms with Crippen molar-refractivity contribution in [2.24, 2.45) is 0 Å². The normalized spacial score (nSPS) is 11.9. The number of benzene rings is 1. The van der Waals surface area contributed by atoms with Gasteiger partial charge in [0, 0.05) is 23.7 Å². The van der Waals surface area contributed by atoms with Gasteiger partial charge in [-0.05, 0) is 36.8 Å². The number of hydrogen-bond acceptors (Lipinski definition) is 4. The van der Waals surface area contributed by atoms with Crippen LogP contribution in [-0.2, 0) is 17.6 Å². The number of rotatable bonds is 6. The van der Waals surface area contributed by atoms with Crippen molar-refractivity contribution in [3.05, 3.63) is 81.8 Å². The first-order valence-electron chi connectivity index (χ1n) is 7.98. The molecule has 0 saturated carbocycles. The summed E-state index contributed by atoms with van der Waals surface area (Å²) in [6, 6.07) is 11.8. The molecule has 6 heteroatoms. The van der Waals surface area contributed by atoms with E-state index in [1.807, 2.05) is 30.5 Å². The number of nitrogens with one attached hydrogen (secondary N) is 1. The predicted molar refractivity (Wildman–Crippen MR) is 95.8 cm³/mol. The Bertz CT molecular complexity index is 851. The van der Waals surface area contributed by atoms with E-state index in [1.54, 1.807) is 18.3 Å². The Kier molecular flexibility index (Phi) is 5.50. The summed E-state index contributed by atoms with van der Waals surface area (Å²) in [5.41, 5.74) is 2.43. The average Bonchev–Trinajstić information content (AvgIpc) is 3.02. The first-order valence-corrected chi connectivity index (χ1v) is 8.86. The first kappa shape index (κ1) is 17.2. The molecular weight excluding hydrogens is 337 g/mol. The van der Waals surface area contributed by atoms with Crippen LogP contribution in [-0.4, -0.2) is 15.9 Å². The molecule has 0 saturated heterocycles. The van der Waals surface area contributed by atoms with E-state index in [9.17, 15) is 9.18 Å². The van der Waals surface area contributed by atoms with Crippen molar-refractivity contribution in [3.8, 4) is 0 Å². The molecule has 0 aliphatic carbocycles. The van der Waals surface area contributed by atoms with Crippen LogP contribution < -0.4 is 5.32 Å². The molecule has 2 aromatic heterocycles. The van der Waals surface area contributed by atoms with Gasteiger partial charge in [-0.15, -0.1) is 11.3 Å². The fourth-order valence-corrected chi connectivity index (χ4v) is 3.29. The molecule has 0 aliphatic heterocycles. The summed E-state index contributed by atoms with van der Waals surface area (Å²) >= 11 is 1.52. The van der Waals surface area contributed by atoms with Crippen LogP contribution >= 0.6 is 11.3 Å². The Morgan fingerprint density at radius 3 is 2.88 bits per heavy atom. The van der Waals surface area contributed by atoms with Crippen LogP contribution in [0.4, 0.5) is 4.39 Å². The van der Waals surface area contributed by atoms with Gasteiger partial charge in [-0.25, -0.2) is 9.37 Å². The predicted octanol–water partition coefficient (Wildman–Crippen LogP) is 3.69. The molecule has 3 aromatic rings. The molecule has 0 spiro atoms. The average molecular weight is 355 g/mol. The molecule has 0 aliphatic rings. The third-order valence-corrected chi connectivity index (χ3v) is 4.62. The van der Waals surface area contributed by atoms with Crippen molar-refractivity contribution in [1.29, 1.82) is 0 Å². The van der Waals surface area contributed by atoms with Gasteiger partial charge in [-0.3, -0.25) is 9.78 Å². The minimum Gasteiger partial charge on any atom is -0.349 e. The molecule has 2 heterocycles. The minimum atomic E-state index is -0.308. The van der Waals surface area contributed by atoms with Crippen molar-refractivity contribution >= 4 is 17.2 Å². The molecule has 25 heavy (non-hydrogen) atoms. The van der Waals surface area contributed by atoms with Crippen molar-refractivity contribution in [3.63, 3.8) is 0 Å². The molecule has 0 unspecified atom stereocenters. The quantitative estimate of drug-likeness (QED) is 0.734. The van der Waals surface area contributed by atoms with E-state index in [1.165, 1.54) is 23.5 Å². The lowest BCUT2D eigenvalue weighted by Gasteiger charge is -2.14. The van der Waals surface area contributed by atoms with Crippen LogP contribution in [0, 0.1) is 5.82 Å². The van der Waals surface area contributed by atoms with Gasteiger partial charge in [0.1, 0.15) is 5.82 Å². The number of thiazole rings is 1. The Hall–Kier alpha value is -2.60. The molecule has 4 nitrogen and oxygen atoms in total. The Labute approximate surface area is 149 Å². The highest BCUT2D eigenvalue weighted by Crippen LogP contribution is 2.16. The Morgan fingerprint density at radius 2 is 2.12 bits per heavy atom. The third-order valence-electron chi connectivity index (χ3n) is 3.73. The van der Waals surface area contributed by atoms with Crippen molar-refractivity contribution in [1.82, 2.24) is 15.3 Å². The van der Waals surface area contributed by atoms with Crippen LogP contribution in [0.2, 0.25) is 0 Å². The van der Waals surface area contributed by atoms with Gasteiger partial charge in [-0.1, -0.05) is 18.2 Å². The SMILES string of the molecule is C[C@H](NC(=O)Cc1csc(Cc2ccccn2)n1)c1cccc(F)c1. The summed E-state index contributed by atoms with van der Waals surface area (Å²) in [6.07, 6.45) is 2.62. The maximum absolute atomic E-state index is 13.3. The van der Waals surface area contributed by atoms with Crippen LogP contribution in [0.5, 0.6) is 0 Å². The van der Waals surface area contributed by atoms with Gasteiger partial charge in [0.15, 0.2) is 0 Å². The van der Waals surface area contributed by atoms with E-state index in [0.717, 1.165) is 22.0 Å². The number of hydrogen-bond donors (Lipinski definition) is 1. The molecule has 3 rings (SSSR count). The Balaban J connectivity index is 1.56. The third kappa shape index (κ3) is 4.93. The number of amides is 1. The largest absolute Gasteiger partial charge is 0.349 e. The zero-order valence-electron chi connectivity index (χ0n) is 13.8. The second-order valence-corrected chi connectivity index (χ2v) is 6.69. The number of carbonyl (C=O) groups excluding carboxylic acids is 1. The summed E-state index contributed by atoms with van der Waals surface area (Å²) in [7, 11) is 0. The van der Waals surface area contributed by atoms with E-state index < -0.39 is 0 Å². The lowest BCUT2D eigenvalue weighted by atomic mass is 10.1. The fourth-order valence-electron chi connectivity index (χ4n) is 2.49. The van der Waals surface area contributed by atoms with Gasteiger partial charge in [-0.2, -0.15) is 0 Å². The fraction of sp³-hybridized carbons (Fsp3) is 0.211. The highest BCUT2D eigenvalue weighted by molar-refractivity contribution is 7.09. The van der Waals surface area contributed by atoms with Crippen LogP contribution in [0.25, 0.3) is 0 Å². The highest BCUT2D eigenvalue weighted by Gasteiger charge is 2.13. The molecule has 1 amide bonds. The summed E-state index contributed by atoms with van der Waals surface area (Å²) in [5.74, 6) is -0.441. The maximum atomic E-state index is 13.3. The molecule has 0 fully saturated rings. The smallest absolute Gasteiger partial charge is 0.226 e. The van der Waals surface area contributed by atoms with E-state index in [2.05, 4.69) is 15.3 Å². The van der Waals surface area contributed by atoms with Crippen molar-refractivity contribution < 1.29 is 9.18 Å². The van der Waals surface area contributed by atoms with E-state index in [-0.39, 0.29) is 24.2 Å². The zero-order chi connectivity index (χ0) is 17.6. The number of pyridine rings is 1. The molecule has 0 bridgehead atoms. The van der Waals surface area contributed by atoms with Crippen LogP contribution in [0.15, 0.2) is 54.0 Å². The molecular formula is C19H18FN3OS. The van der Waals surface area contributed by atoms with Gasteiger partial charge in [0.25, 0.3) is 0 Å². The molecule has 1 aromatic carbocycles. The standard InChI is InChI=1S/C19H18FN3OS/c1-13(14-5-4-6-15(20)9-14)22-18(24)10-17-12-25-19(23-17)11-16-7-2-3-8-21-16/h2-9,12-13H,10-11H2,1H3,(H,22,24)/t13-/m0/s1. The number of nitrogens with zero attached hydrogens (tertiary/aromatic N) is 2. The van der Waals surface area contributed by atoms with E-state index >= 15 is 0 Å². The van der Waals surface area contributed by atoms with E-state index in [0.29, 0.717) is 6.42 Å².